The van der Waals surface area contributed by atoms with Gasteiger partial charge in [0.25, 0.3) is 0 Å². The van der Waals surface area contributed by atoms with E-state index >= 15 is 0 Å². The van der Waals surface area contributed by atoms with Gasteiger partial charge in [0.15, 0.2) is 0 Å². The lowest BCUT2D eigenvalue weighted by atomic mass is 9.87. The van der Waals surface area contributed by atoms with Crippen LogP contribution in [0.5, 0.6) is 5.75 Å². The SMILES string of the molecule is CCOc1ccc(C[C@@H](C(=O)N[C@@H](Cc2ccccc2)C(=O)NCc2ccc(CN)c(C)c2)c2ccccc2C(N)=O)cc1. The molecule has 0 saturated carbocycles. The van der Waals surface area contributed by atoms with Crippen molar-refractivity contribution in [3.05, 3.63) is 136 Å². The lowest BCUT2D eigenvalue weighted by Gasteiger charge is -2.24. The van der Waals surface area contributed by atoms with Crippen molar-refractivity contribution < 1.29 is 19.1 Å². The first-order chi connectivity index (χ1) is 21.3. The first-order valence-electron chi connectivity index (χ1n) is 14.8. The maximum absolute atomic E-state index is 14.1. The molecule has 0 aromatic heterocycles. The molecule has 0 aliphatic rings. The zero-order valence-electron chi connectivity index (χ0n) is 25.2. The third kappa shape index (κ3) is 8.55. The summed E-state index contributed by atoms with van der Waals surface area (Å²) in [6, 6.07) is 28.9. The van der Waals surface area contributed by atoms with E-state index < -0.39 is 17.9 Å². The van der Waals surface area contributed by atoms with Gasteiger partial charge in [0.1, 0.15) is 11.8 Å². The summed E-state index contributed by atoms with van der Waals surface area (Å²) in [5, 5.41) is 6.00. The van der Waals surface area contributed by atoms with Crippen LogP contribution in [0.1, 0.15) is 56.6 Å². The molecule has 4 rings (SSSR count). The Morgan fingerprint density at radius 3 is 2.11 bits per heavy atom. The molecular weight excluding hydrogens is 552 g/mol. The number of hydrogen-bond donors (Lipinski definition) is 4. The van der Waals surface area contributed by atoms with Crippen LogP contribution < -0.4 is 26.8 Å². The smallest absolute Gasteiger partial charge is 0.249 e. The lowest BCUT2D eigenvalue weighted by Crippen LogP contribution is -2.49. The molecule has 3 amide bonds. The monoisotopic (exact) mass is 592 g/mol. The zero-order chi connectivity index (χ0) is 31.5. The second kappa shape index (κ2) is 15.5. The molecule has 6 N–H and O–H groups in total. The summed E-state index contributed by atoms with van der Waals surface area (Å²) in [4.78, 5) is 40.1. The molecule has 8 nitrogen and oxygen atoms in total. The fourth-order valence-corrected chi connectivity index (χ4v) is 5.23. The van der Waals surface area contributed by atoms with Gasteiger partial charge in [-0.05, 0) is 71.8 Å². The number of nitrogens with two attached hydrogens (primary N) is 2. The van der Waals surface area contributed by atoms with Crippen molar-refractivity contribution in [1.29, 1.82) is 0 Å². The fraction of sp³-hybridized carbons (Fsp3) is 0.250. The van der Waals surface area contributed by atoms with E-state index in [0.29, 0.717) is 25.3 Å². The predicted octanol–water partition coefficient (Wildman–Crippen LogP) is 4.32. The Hall–Kier alpha value is -4.95. The van der Waals surface area contributed by atoms with Crippen LogP contribution in [0.2, 0.25) is 0 Å². The maximum atomic E-state index is 14.1. The van der Waals surface area contributed by atoms with Gasteiger partial charge < -0.3 is 26.8 Å². The molecule has 4 aromatic carbocycles. The van der Waals surface area contributed by atoms with E-state index in [1.165, 1.54) is 0 Å². The summed E-state index contributed by atoms with van der Waals surface area (Å²) in [6.07, 6.45) is 0.575. The highest BCUT2D eigenvalue weighted by atomic mass is 16.5. The van der Waals surface area contributed by atoms with Gasteiger partial charge in [-0.3, -0.25) is 14.4 Å². The summed E-state index contributed by atoms with van der Waals surface area (Å²) in [6.45, 7) is 5.18. The van der Waals surface area contributed by atoms with E-state index in [1.54, 1.807) is 24.3 Å². The molecule has 0 aliphatic carbocycles. The number of hydrogen-bond acceptors (Lipinski definition) is 5. The first-order valence-corrected chi connectivity index (χ1v) is 14.8. The molecule has 228 valence electrons. The van der Waals surface area contributed by atoms with Crippen LogP contribution in [0, 0.1) is 6.92 Å². The third-order valence-corrected chi connectivity index (χ3v) is 7.60. The van der Waals surface area contributed by atoms with Crippen LogP contribution in [0.15, 0.2) is 97.1 Å². The van der Waals surface area contributed by atoms with Gasteiger partial charge in [-0.15, -0.1) is 0 Å². The van der Waals surface area contributed by atoms with Gasteiger partial charge in [0.05, 0.1) is 12.5 Å². The number of carbonyl (C=O) groups excluding carboxylic acids is 3. The van der Waals surface area contributed by atoms with E-state index in [9.17, 15) is 14.4 Å². The second-order valence-electron chi connectivity index (χ2n) is 10.7. The molecule has 0 radical (unpaired) electrons. The summed E-state index contributed by atoms with van der Waals surface area (Å²) in [7, 11) is 0. The molecular formula is C36H40N4O4. The van der Waals surface area contributed by atoms with Crippen LogP contribution in [0.25, 0.3) is 0 Å². The van der Waals surface area contributed by atoms with Crippen molar-refractivity contribution in [1.82, 2.24) is 10.6 Å². The van der Waals surface area contributed by atoms with Gasteiger partial charge in [0, 0.05) is 25.1 Å². The van der Waals surface area contributed by atoms with Gasteiger partial charge in [-0.2, -0.15) is 0 Å². The number of benzene rings is 4. The van der Waals surface area contributed by atoms with Gasteiger partial charge in [0.2, 0.25) is 17.7 Å². The minimum atomic E-state index is -0.863. The minimum Gasteiger partial charge on any atom is -0.494 e. The molecule has 0 spiro atoms. The number of aryl methyl sites for hydroxylation is 1. The molecule has 0 aliphatic heterocycles. The average molecular weight is 593 g/mol. The highest BCUT2D eigenvalue weighted by molar-refractivity contribution is 5.98. The van der Waals surface area contributed by atoms with Crippen molar-refractivity contribution in [2.24, 2.45) is 11.5 Å². The fourth-order valence-electron chi connectivity index (χ4n) is 5.23. The number of carbonyl (C=O) groups is 3. The van der Waals surface area contributed by atoms with E-state index in [0.717, 1.165) is 33.6 Å². The molecule has 0 fully saturated rings. The normalized spacial score (nSPS) is 12.2. The standard InChI is InChI=1S/C36H40N4O4/c1-3-44-29-17-14-26(15-18-29)20-32(30-11-7-8-12-31(30)34(38)41)35(42)40-33(21-25-9-5-4-6-10-25)36(43)39-23-27-13-16-28(22-37)24(2)19-27/h4-19,32-33H,3,20-23,37H2,1-2H3,(H2,38,41)(H,39,43)(H,40,42)/t32-,33+/m1/s1. The number of primary amides is 1. The quantitative estimate of drug-likeness (QED) is 0.173. The topological polar surface area (TPSA) is 137 Å². The highest BCUT2D eigenvalue weighted by Crippen LogP contribution is 2.26. The summed E-state index contributed by atoms with van der Waals surface area (Å²) in [5.74, 6) is -1.38. The Labute approximate surface area is 258 Å². The molecule has 2 atom stereocenters. The molecule has 0 heterocycles. The number of amides is 3. The molecule has 0 saturated heterocycles. The van der Waals surface area contributed by atoms with Crippen molar-refractivity contribution in [2.75, 3.05) is 6.61 Å². The van der Waals surface area contributed by atoms with Gasteiger partial charge in [-0.1, -0.05) is 78.9 Å². The van der Waals surface area contributed by atoms with Crippen LogP contribution in [0.4, 0.5) is 0 Å². The predicted molar refractivity (Wildman–Crippen MR) is 172 cm³/mol. The molecule has 0 bridgehead atoms. The third-order valence-electron chi connectivity index (χ3n) is 7.60. The highest BCUT2D eigenvalue weighted by Gasteiger charge is 2.29. The van der Waals surface area contributed by atoms with E-state index in [4.69, 9.17) is 16.2 Å². The van der Waals surface area contributed by atoms with Gasteiger partial charge in [-0.25, -0.2) is 0 Å². The second-order valence-corrected chi connectivity index (χ2v) is 10.7. The summed E-state index contributed by atoms with van der Waals surface area (Å²) in [5.41, 5.74) is 17.1. The Kier molecular flexibility index (Phi) is 11.3. The van der Waals surface area contributed by atoms with Crippen LogP contribution >= 0.6 is 0 Å². The maximum Gasteiger partial charge on any atom is 0.249 e. The van der Waals surface area contributed by atoms with E-state index in [-0.39, 0.29) is 30.2 Å². The first kappa shape index (κ1) is 32.0. The Morgan fingerprint density at radius 1 is 0.795 bits per heavy atom. The van der Waals surface area contributed by atoms with E-state index in [1.807, 2.05) is 86.6 Å². The largest absolute Gasteiger partial charge is 0.494 e. The van der Waals surface area contributed by atoms with Crippen molar-refractivity contribution in [2.45, 2.75) is 51.7 Å². The van der Waals surface area contributed by atoms with E-state index in [2.05, 4.69) is 10.6 Å². The summed E-state index contributed by atoms with van der Waals surface area (Å²) >= 11 is 0. The van der Waals surface area contributed by atoms with Gasteiger partial charge >= 0.3 is 0 Å². The summed E-state index contributed by atoms with van der Waals surface area (Å²) < 4.78 is 5.57. The molecule has 44 heavy (non-hydrogen) atoms. The van der Waals surface area contributed by atoms with Crippen molar-refractivity contribution in [3.8, 4) is 5.75 Å². The van der Waals surface area contributed by atoms with Crippen LogP contribution in [0.3, 0.4) is 0 Å². The Balaban J connectivity index is 1.61. The average Bonchev–Trinajstić information content (AvgIpc) is 3.03. The number of nitrogens with one attached hydrogen (secondary N) is 2. The molecule has 0 unspecified atom stereocenters. The van der Waals surface area contributed by atoms with Crippen molar-refractivity contribution >= 4 is 17.7 Å². The Bertz CT molecular complexity index is 1570. The Morgan fingerprint density at radius 2 is 1.45 bits per heavy atom. The number of ether oxygens (including phenoxy) is 1. The minimum absolute atomic E-state index is 0.263. The van der Waals surface area contributed by atoms with Crippen molar-refractivity contribution in [3.63, 3.8) is 0 Å². The number of rotatable bonds is 14. The lowest BCUT2D eigenvalue weighted by molar-refractivity contribution is -0.129. The molecule has 8 heteroatoms. The van der Waals surface area contributed by atoms with Crippen LogP contribution in [-0.4, -0.2) is 30.4 Å². The zero-order valence-corrected chi connectivity index (χ0v) is 25.2. The van der Waals surface area contributed by atoms with Crippen LogP contribution in [-0.2, 0) is 35.5 Å². The molecule has 4 aromatic rings.